The van der Waals surface area contributed by atoms with Crippen LogP contribution in [-0.2, 0) is 6.42 Å². The summed E-state index contributed by atoms with van der Waals surface area (Å²) in [4.78, 5) is 12.5. The van der Waals surface area contributed by atoms with E-state index in [-0.39, 0.29) is 17.7 Å². The second-order valence-electron chi connectivity index (χ2n) is 5.38. The van der Waals surface area contributed by atoms with Gasteiger partial charge in [-0.1, -0.05) is 12.1 Å². The summed E-state index contributed by atoms with van der Waals surface area (Å²) in [7, 11) is 0. The first-order valence-electron chi connectivity index (χ1n) is 6.80. The molecule has 3 heteroatoms. The lowest BCUT2D eigenvalue weighted by molar-refractivity contribution is 0.0916. The monoisotopic (exact) mass is 245 g/mol. The highest BCUT2D eigenvalue weighted by Gasteiger charge is 2.31. The summed E-state index contributed by atoms with van der Waals surface area (Å²) in [5.41, 5.74) is 7.84. The highest BCUT2D eigenvalue weighted by molar-refractivity contribution is 6.01. The van der Waals surface area contributed by atoms with Gasteiger partial charge in [-0.05, 0) is 43.7 Å². The number of para-hydroxylation sites is 1. The molecule has 2 atom stereocenters. The Morgan fingerprint density at radius 2 is 2.22 bits per heavy atom. The lowest BCUT2D eigenvalue weighted by Crippen LogP contribution is -2.20. The molecule has 3 rings (SSSR count). The number of fused-ring (bicyclic) bond motifs is 1. The third-order valence-electron chi connectivity index (χ3n) is 4.04. The Hall–Kier alpha value is -1.35. The van der Waals surface area contributed by atoms with Crippen molar-refractivity contribution in [1.82, 2.24) is 0 Å². The van der Waals surface area contributed by atoms with E-state index in [2.05, 4.69) is 6.07 Å². The molecule has 1 aromatic carbocycles. The van der Waals surface area contributed by atoms with E-state index in [1.54, 1.807) is 0 Å². The highest BCUT2D eigenvalue weighted by atomic mass is 16.5. The summed E-state index contributed by atoms with van der Waals surface area (Å²) < 4.78 is 5.71. The molecule has 0 saturated heterocycles. The second kappa shape index (κ2) is 4.73. The largest absolute Gasteiger partial charge is 0.493 e. The van der Waals surface area contributed by atoms with Gasteiger partial charge < -0.3 is 10.5 Å². The van der Waals surface area contributed by atoms with Crippen molar-refractivity contribution in [1.29, 1.82) is 0 Å². The lowest BCUT2D eigenvalue weighted by atomic mass is 9.92. The molecule has 2 unspecified atom stereocenters. The van der Waals surface area contributed by atoms with Crippen LogP contribution in [0.4, 0.5) is 0 Å². The summed E-state index contributed by atoms with van der Waals surface area (Å²) in [6.45, 7) is 0.724. The van der Waals surface area contributed by atoms with Gasteiger partial charge in [0.2, 0.25) is 0 Å². The van der Waals surface area contributed by atoms with Crippen molar-refractivity contribution >= 4 is 5.78 Å². The van der Waals surface area contributed by atoms with Crippen molar-refractivity contribution in [3.05, 3.63) is 29.3 Å². The van der Waals surface area contributed by atoms with Crippen LogP contribution in [0.3, 0.4) is 0 Å². The van der Waals surface area contributed by atoms with Crippen LogP contribution in [0, 0.1) is 5.92 Å². The molecule has 2 aliphatic rings. The Morgan fingerprint density at radius 1 is 1.33 bits per heavy atom. The maximum Gasteiger partial charge on any atom is 0.169 e. The van der Waals surface area contributed by atoms with Crippen LogP contribution in [0.2, 0.25) is 0 Å². The molecule has 1 heterocycles. The van der Waals surface area contributed by atoms with E-state index in [1.807, 2.05) is 12.1 Å². The summed E-state index contributed by atoms with van der Waals surface area (Å²) >= 11 is 0. The summed E-state index contributed by atoms with van der Waals surface area (Å²) in [6, 6.07) is 6.12. The maximum absolute atomic E-state index is 12.5. The minimum absolute atomic E-state index is 0.0945. The molecule has 3 nitrogen and oxygen atoms in total. The molecule has 2 N–H and O–H groups in total. The summed E-state index contributed by atoms with van der Waals surface area (Å²) in [5.74, 6) is 1.15. The van der Waals surface area contributed by atoms with Crippen LogP contribution in [0.1, 0.15) is 41.6 Å². The molecule has 1 fully saturated rings. The van der Waals surface area contributed by atoms with Crippen LogP contribution < -0.4 is 10.5 Å². The third kappa shape index (κ3) is 2.03. The quantitative estimate of drug-likeness (QED) is 0.813. The fourth-order valence-corrected chi connectivity index (χ4v) is 3.06. The minimum Gasteiger partial charge on any atom is -0.493 e. The fraction of sp³-hybridized carbons (Fsp3) is 0.533. The number of ether oxygens (including phenoxy) is 1. The molecule has 1 aliphatic carbocycles. The highest BCUT2D eigenvalue weighted by Crippen LogP contribution is 2.34. The Balaban J connectivity index is 1.90. The summed E-state index contributed by atoms with van der Waals surface area (Å²) in [5, 5.41) is 0. The predicted octanol–water partition coefficient (Wildman–Crippen LogP) is 2.32. The number of ketones is 1. The Bertz CT molecular complexity index is 470. The molecule has 1 aliphatic heterocycles. The number of hydrogen-bond donors (Lipinski definition) is 1. The zero-order chi connectivity index (χ0) is 12.5. The van der Waals surface area contributed by atoms with Gasteiger partial charge in [-0.2, -0.15) is 0 Å². The first-order chi connectivity index (χ1) is 8.75. The van der Waals surface area contributed by atoms with E-state index >= 15 is 0 Å². The van der Waals surface area contributed by atoms with Crippen molar-refractivity contribution in [2.45, 2.75) is 38.1 Å². The Labute approximate surface area is 107 Å². The number of hydrogen-bond acceptors (Lipinski definition) is 3. The van der Waals surface area contributed by atoms with E-state index in [0.717, 1.165) is 50.0 Å². The van der Waals surface area contributed by atoms with Gasteiger partial charge in [-0.25, -0.2) is 0 Å². The number of nitrogens with two attached hydrogens (primary N) is 1. The number of carbonyl (C=O) groups excluding carboxylic acids is 1. The standard InChI is InChI=1S/C15H19NO2/c16-12-7-6-11(9-12)14(17)13-5-1-3-10-4-2-8-18-15(10)13/h1,3,5,11-12H,2,4,6-9,16H2. The summed E-state index contributed by atoms with van der Waals surface area (Å²) in [6.07, 6.45) is 4.76. The number of benzene rings is 1. The zero-order valence-corrected chi connectivity index (χ0v) is 10.5. The van der Waals surface area contributed by atoms with E-state index in [1.165, 1.54) is 5.56 Å². The van der Waals surface area contributed by atoms with Gasteiger partial charge in [0.05, 0.1) is 12.2 Å². The van der Waals surface area contributed by atoms with Gasteiger partial charge in [0.1, 0.15) is 5.75 Å². The molecule has 18 heavy (non-hydrogen) atoms. The van der Waals surface area contributed by atoms with Crippen LogP contribution in [0.25, 0.3) is 0 Å². The molecule has 96 valence electrons. The normalized spacial score (nSPS) is 26.5. The first kappa shape index (κ1) is 11.7. The van der Waals surface area contributed by atoms with E-state index in [0.29, 0.717) is 0 Å². The predicted molar refractivity (Wildman–Crippen MR) is 69.9 cm³/mol. The number of aryl methyl sites for hydroxylation is 1. The lowest BCUT2D eigenvalue weighted by Gasteiger charge is -2.21. The first-order valence-corrected chi connectivity index (χ1v) is 6.80. The molecule has 0 bridgehead atoms. The van der Waals surface area contributed by atoms with Gasteiger partial charge in [0.15, 0.2) is 5.78 Å². The van der Waals surface area contributed by atoms with Crippen molar-refractivity contribution in [3.8, 4) is 5.75 Å². The molecule has 1 saturated carbocycles. The average molecular weight is 245 g/mol. The van der Waals surface area contributed by atoms with Crippen molar-refractivity contribution in [3.63, 3.8) is 0 Å². The molecule has 0 amide bonds. The van der Waals surface area contributed by atoms with Crippen LogP contribution in [0.15, 0.2) is 18.2 Å². The van der Waals surface area contributed by atoms with Gasteiger partial charge in [-0.15, -0.1) is 0 Å². The SMILES string of the molecule is NC1CCC(C(=O)c2cccc3c2OCCC3)C1. The second-order valence-corrected chi connectivity index (χ2v) is 5.38. The van der Waals surface area contributed by atoms with Crippen molar-refractivity contribution < 1.29 is 9.53 Å². The van der Waals surface area contributed by atoms with Crippen LogP contribution in [-0.4, -0.2) is 18.4 Å². The van der Waals surface area contributed by atoms with Crippen molar-refractivity contribution in [2.75, 3.05) is 6.61 Å². The molecule has 1 aromatic rings. The molecule has 0 aromatic heterocycles. The average Bonchev–Trinajstić information content (AvgIpc) is 2.84. The Morgan fingerprint density at radius 3 is 3.00 bits per heavy atom. The van der Waals surface area contributed by atoms with Gasteiger partial charge in [0, 0.05) is 12.0 Å². The van der Waals surface area contributed by atoms with Crippen LogP contribution in [0.5, 0.6) is 5.75 Å². The number of carbonyl (C=O) groups is 1. The topological polar surface area (TPSA) is 52.3 Å². The van der Waals surface area contributed by atoms with E-state index in [4.69, 9.17) is 10.5 Å². The van der Waals surface area contributed by atoms with Crippen LogP contribution >= 0.6 is 0 Å². The minimum atomic E-state index is 0.0945. The molecular weight excluding hydrogens is 226 g/mol. The maximum atomic E-state index is 12.5. The van der Waals surface area contributed by atoms with Crippen molar-refractivity contribution in [2.24, 2.45) is 11.7 Å². The van der Waals surface area contributed by atoms with Gasteiger partial charge in [0.25, 0.3) is 0 Å². The smallest absolute Gasteiger partial charge is 0.169 e. The number of Topliss-reactive ketones (excluding diaryl/α,β-unsaturated/α-hetero) is 1. The van der Waals surface area contributed by atoms with Gasteiger partial charge >= 0.3 is 0 Å². The van der Waals surface area contributed by atoms with E-state index < -0.39 is 0 Å². The Kier molecular flexibility index (Phi) is 3.08. The molecule has 0 radical (unpaired) electrons. The van der Waals surface area contributed by atoms with Gasteiger partial charge in [-0.3, -0.25) is 4.79 Å². The third-order valence-corrected chi connectivity index (χ3v) is 4.04. The fourth-order valence-electron chi connectivity index (χ4n) is 3.06. The molecule has 0 spiro atoms. The number of rotatable bonds is 2. The van der Waals surface area contributed by atoms with E-state index in [9.17, 15) is 4.79 Å². The molecular formula is C15H19NO2. The zero-order valence-electron chi connectivity index (χ0n) is 10.5.